The second-order valence-corrected chi connectivity index (χ2v) is 5.70. The molecule has 0 N–H and O–H groups in total. The maximum absolute atomic E-state index is 5.98. The third-order valence-corrected chi connectivity index (χ3v) is 3.85. The lowest BCUT2D eigenvalue weighted by atomic mass is 10.2. The fourth-order valence-corrected chi connectivity index (χ4v) is 3.01. The van der Waals surface area contributed by atoms with E-state index in [4.69, 9.17) is 11.6 Å². The molecule has 0 fully saturated rings. The molecule has 0 unspecified atom stereocenters. The van der Waals surface area contributed by atoms with E-state index in [1.807, 2.05) is 24.3 Å². The summed E-state index contributed by atoms with van der Waals surface area (Å²) >= 11 is 7.75. The van der Waals surface area contributed by atoms with Crippen LogP contribution in [0.15, 0.2) is 29.4 Å². The standard InChI is InChI=1S/C11H10ClN3S/c1-7-6-15-10(13-14-11(15)16-7)8-3-2-4-9(12)5-8/h2-5,7H,6H2,1H3/t7-/m0/s1. The van der Waals surface area contributed by atoms with Crippen molar-refractivity contribution in [3.8, 4) is 11.4 Å². The van der Waals surface area contributed by atoms with Crippen molar-refractivity contribution in [3.63, 3.8) is 0 Å². The van der Waals surface area contributed by atoms with Gasteiger partial charge in [-0.05, 0) is 12.1 Å². The number of fused-ring (bicyclic) bond motifs is 1. The van der Waals surface area contributed by atoms with Crippen molar-refractivity contribution in [3.05, 3.63) is 29.3 Å². The summed E-state index contributed by atoms with van der Waals surface area (Å²) in [5.74, 6) is 0.911. The average molecular weight is 252 g/mol. The molecule has 2 heterocycles. The summed E-state index contributed by atoms with van der Waals surface area (Å²) in [5, 5.41) is 10.7. The smallest absolute Gasteiger partial charge is 0.191 e. The zero-order valence-corrected chi connectivity index (χ0v) is 10.3. The normalized spacial score (nSPS) is 18.8. The first-order valence-electron chi connectivity index (χ1n) is 5.10. The zero-order valence-electron chi connectivity index (χ0n) is 8.72. The number of benzene rings is 1. The zero-order chi connectivity index (χ0) is 11.1. The summed E-state index contributed by atoms with van der Waals surface area (Å²) in [4.78, 5) is 0. The van der Waals surface area contributed by atoms with Gasteiger partial charge in [0.15, 0.2) is 11.0 Å². The van der Waals surface area contributed by atoms with Gasteiger partial charge in [0.25, 0.3) is 0 Å². The lowest BCUT2D eigenvalue weighted by Crippen LogP contribution is -2.02. The molecule has 0 saturated carbocycles. The highest BCUT2D eigenvalue weighted by atomic mass is 35.5. The summed E-state index contributed by atoms with van der Waals surface area (Å²) in [6.45, 7) is 3.16. The number of rotatable bonds is 1. The Kier molecular flexibility index (Phi) is 2.41. The van der Waals surface area contributed by atoms with E-state index < -0.39 is 0 Å². The summed E-state index contributed by atoms with van der Waals surface area (Å²) < 4.78 is 2.15. The SMILES string of the molecule is C[C@H]1Cn2c(nnc2-c2cccc(Cl)c2)S1. The molecule has 0 bridgehead atoms. The molecule has 0 saturated heterocycles. The maximum Gasteiger partial charge on any atom is 0.191 e. The minimum absolute atomic E-state index is 0.573. The van der Waals surface area contributed by atoms with E-state index in [0.29, 0.717) is 5.25 Å². The highest BCUT2D eigenvalue weighted by molar-refractivity contribution is 7.99. The summed E-state index contributed by atoms with van der Waals surface area (Å²) in [6, 6.07) is 7.73. The second kappa shape index (κ2) is 3.79. The van der Waals surface area contributed by atoms with Crippen LogP contribution in [0.25, 0.3) is 11.4 Å². The van der Waals surface area contributed by atoms with Gasteiger partial charge in [0.05, 0.1) is 0 Å². The highest BCUT2D eigenvalue weighted by Gasteiger charge is 2.24. The molecule has 0 radical (unpaired) electrons. The van der Waals surface area contributed by atoms with E-state index in [0.717, 1.165) is 28.1 Å². The molecule has 1 aliphatic heterocycles. The Balaban J connectivity index is 2.08. The lowest BCUT2D eigenvalue weighted by Gasteiger charge is -2.03. The molecule has 16 heavy (non-hydrogen) atoms. The van der Waals surface area contributed by atoms with Crippen LogP contribution < -0.4 is 0 Å². The number of hydrogen-bond donors (Lipinski definition) is 0. The van der Waals surface area contributed by atoms with E-state index in [1.165, 1.54) is 0 Å². The first-order valence-corrected chi connectivity index (χ1v) is 6.35. The minimum Gasteiger partial charge on any atom is -0.301 e. The van der Waals surface area contributed by atoms with Crippen molar-refractivity contribution in [2.24, 2.45) is 0 Å². The fraction of sp³-hybridized carbons (Fsp3) is 0.273. The summed E-state index contributed by atoms with van der Waals surface area (Å²) in [6.07, 6.45) is 0. The third kappa shape index (κ3) is 1.62. The predicted octanol–water partition coefficient (Wildman–Crippen LogP) is 3.09. The van der Waals surface area contributed by atoms with Crippen LogP contribution in [-0.2, 0) is 6.54 Å². The molecule has 0 aliphatic carbocycles. The number of aromatic nitrogens is 3. The number of halogens is 1. The van der Waals surface area contributed by atoms with Crippen LogP contribution in [0, 0.1) is 0 Å². The highest BCUT2D eigenvalue weighted by Crippen LogP contribution is 2.34. The van der Waals surface area contributed by atoms with Crippen molar-refractivity contribution in [1.82, 2.24) is 14.8 Å². The van der Waals surface area contributed by atoms with Gasteiger partial charge in [0.1, 0.15) is 0 Å². The Labute approximate surface area is 103 Å². The summed E-state index contributed by atoms with van der Waals surface area (Å²) in [5.41, 5.74) is 1.03. The molecule has 82 valence electrons. The first kappa shape index (κ1) is 10.2. The van der Waals surface area contributed by atoms with Gasteiger partial charge in [-0.15, -0.1) is 10.2 Å². The molecule has 0 amide bonds. The monoisotopic (exact) mass is 251 g/mol. The molecule has 1 aromatic heterocycles. The lowest BCUT2D eigenvalue weighted by molar-refractivity contribution is 0.675. The largest absolute Gasteiger partial charge is 0.301 e. The van der Waals surface area contributed by atoms with Crippen molar-refractivity contribution in [1.29, 1.82) is 0 Å². The molecule has 5 heteroatoms. The minimum atomic E-state index is 0.573. The second-order valence-electron chi connectivity index (χ2n) is 3.86. The Morgan fingerprint density at radius 2 is 2.31 bits per heavy atom. The molecule has 3 rings (SSSR count). The topological polar surface area (TPSA) is 30.7 Å². The molecule has 1 aliphatic rings. The Morgan fingerprint density at radius 3 is 3.12 bits per heavy atom. The van der Waals surface area contributed by atoms with Crippen molar-refractivity contribution < 1.29 is 0 Å². The van der Waals surface area contributed by atoms with Crippen LogP contribution in [0.4, 0.5) is 0 Å². The molecule has 2 aromatic rings. The third-order valence-electron chi connectivity index (χ3n) is 2.55. The number of hydrogen-bond acceptors (Lipinski definition) is 3. The molecular formula is C11H10ClN3S. The van der Waals surface area contributed by atoms with Crippen molar-refractivity contribution >= 4 is 23.4 Å². The Hall–Kier alpha value is -1.000. The Bertz CT molecular complexity index is 538. The van der Waals surface area contributed by atoms with Gasteiger partial charge in [-0.3, -0.25) is 0 Å². The molecule has 1 atom stereocenters. The quantitative estimate of drug-likeness (QED) is 0.780. The molecule has 0 spiro atoms. The van der Waals surface area contributed by atoms with Crippen LogP contribution in [0.5, 0.6) is 0 Å². The van der Waals surface area contributed by atoms with Gasteiger partial charge in [0.2, 0.25) is 0 Å². The van der Waals surface area contributed by atoms with E-state index in [2.05, 4.69) is 21.7 Å². The first-order chi connectivity index (χ1) is 7.74. The van der Waals surface area contributed by atoms with Crippen LogP contribution in [0.3, 0.4) is 0 Å². The van der Waals surface area contributed by atoms with Gasteiger partial charge in [-0.2, -0.15) is 0 Å². The van der Waals surface area contributed by atoms with Gasteiger partial charge in [-0.25, -0.2) is 0 Å². The molecular weight excluding hydrogens is 242 g/mol. The van der Waals surface area contributed by atoms with E-state index in [-0.39, 0.29) is 0 Å². The number of thioether (sulfide) groups is 1. The van der Waals surface area contributed by atoms with E-state index in [1.54, 1.807) is 11.8 Å². The van der Waals surface area contributed by atoms with Crippen LogP contribution in [0.1, 0.15) is 6.92 Å². The van der Waals surface area contributed by atoms with Gasteiger partial charge < -0.3 is 4.57 Å². The molecule has 1 aromatic carbocycles. The summed E-state index contributed by atoms with van der Waals surface area (Å²) in [7, 11) is 0. The maximum atomic E-state index is 5.98. The van der Waals surface area contributed by atoms with Crippen molar-refractivity contribution in [2.75, 3.05) is 0 Å². The van der Waals surface area contributed by atoms with Gasteiger partial charge in [-0.1, -0.05) is 42.4 Å². The van der Waals surface area contributed by atoms with Crippen LogP contribution in [-0.4, -0.2) is 20.0 Å². The van der Waals surface area contributed by atoms with Crippen LogP contribution in [0.2, 0.25) is 5.02 Å². The van der Waals surface area contributed by atoms with Gasteiger partial charge >= 0.3 is 0 Å². The fourth-order valence-electron chi connectivity index (χ4n) is 1.86. The Morgan fingerprint density at radius 1 is 1.44 bits per heavy atom. The van der Waals surface area contributed by atoms with Gasteiger partial charge in [0, 0.05) is 22.4 Å². The average Bonchev–Trinajstić information content (AvgIpc) is 2.76. The van der Waals surface area contributed by atoms with Crippen LogP contribution >= 0.6 is 23.4 Å². The van der Waals surface area contributed by atoms with E-state index >= 15 is 0 Å². The molecule has 3 nitrogen and oxygen atoms in total. The van der Waals surface area contributed by atoms with E-state index in [9.17, 15) is 0 Å². The van der Waals surface area contributed by atoms with Crippen molar-refractivity contribution in [2.45, 2.75) is 23.9 Å². The predicted molar refractivity (Wildman–Crippen MR) is 65.8 cm³/mol. The number of nitrogens with zero attached hydrogens (tertiary/aromatic N) is 3.